The van der Waals surface area contributed by atoms with Crippen LogP contribution in [-0.4, -0.2) is 59.3 Å². The van der Waals surface area contributed by atoms with E-state index in [1.54, 1.807) is 4.80 Å². The van der Waals surface area contributed by atoms with Gasteiger partial charge in [0.05, 0.1) is 19.8 Å². The minimum atomic E-state index is 0.549. The Morgan fingerprint density at radius 2 is 1.72 bits per heavy atom. The Hall–Kier alpha value is -2.25. The molecule has 0 amide bonds. The van der Waals surface area contributed by atoms with Gasteiger partial charge in [0, 0.05) is 43.3 Å². The van der Waals surface area contributed by atoms with Gasteiger partial charge < -0.3 is 10.1 Å². The fraction of sp³-hybridized carbons (Fsp3) is 0.364. The molecule has 6 nitrogen and oxygen atoms in total. The minimum absolute atomic E-state index is 0.549. The summed E-state index contributed by atoms with van der Waals surface area (Å²) in [6.07, 6.45) is 0. The average molecular weight is 412 g/mol. The molecule has 1 aliphatic heterocycles. The lowest BCUT2D eigenvalue weighted by atomic mass is 10.1. The molecule has 152 valence electrons. The molecule has 3 aromatic rings. The maximum Gasteiger partial charge on any atom is 0.117 e. The van der Waals surface area contributed by atoms with Gasteiger partial charge >= 0.3 is 0 Å². The van der Waals surface area contributed by atoms with Gasteiger partial charge in [0.1, 0.15) is 11.4 Å². The van der Waals surface area contributed by atoms with Crippen molar-refractivity contribution in [3.8, 4) is 11.3 Å². The molecule has 0 aliphatic carbocycles. The zero-order valence-electron chi connectivity index (χ0n) is 16.4. The van der Waals surface area contributed by atoms with Crippen LogP contribution in [0.25, 0.3) is 11.3 Å². The molecule has 1 aromatic heterocycles. The maximum atomic E-state index is 6.32. The highest BCUT2D eigenvalue weighted by Crippen LogP contribution is 2.21. The quantitative estimate of drug-likeness (QED) is 0.577. The van der Waals surface area contributed by atoms with Crippen LogP contribution in [0, 0.1) is 0 Å². The fourth-order valence-electron chi connectivity index (χ4n) is 3.44. The molecule has 0 atom stereocenters. The number of morpholine rings is 1. The Balaban J connectivity index is 1.45. The molecule has 1 fully saturated rings. The average Bonchev–Trinajstić information content (AvgIpc) is 3.17. The topological polar surface area (TPSA) is 55.2 Å². The van der Waals surface area contributed by atoms with E-state index in [0.717, 1.165) is 66.9 Å². The smallest absolute Gasteiger partial charge is 0.117 e. The number of halogens is 1. The minimum Gasteiger partial charge on any atom is -0.379 e. The summed E-state index contributed by atoms with van der Waals surface area (Å²) in [6, 6.07) is 18.0. The number of aromatic nitrogens is 3. The van der Waals surface area contributed by atoms with Crippen LogP contribution in [0.1, 0.15) is 11.3 Å². The van der Waals surface area contributed by atoms with E-state index >= 15 is 0 Å². The Morgan fingerprint density at radius 1 is 0.966 bits per heavy atom. The summed E-state index contributed by atoms with van der Waals surface area (Å²) in [5.41, 5.74) is 3.94. The van der Waals surface area contributed by atoms with Crippen LogP contribution in [0.5, 0.6) is 0 Å². The van der Waals surface area contributed by atoms with Gasteiger partial charge in [-0.25, -0.2) is 0 Å². The molecule has 0 saturated carbocycles. The maximum absolute atomic E-state index is 6.32. The largest absolute Gasteiger partial charge is 0.379 e. The van der Waals surface area contributed by atoms with E-state index in [-0.39, 0.29) is 0 Å². The van der Waals surface area contributed by atoms with E-state index in [9.17, 15) is 0 Å². The van der Waals surface area contributed by atoms with Gasteiger partial charge in [0.2, 0.25) is 0 Å². The molecule has 29 heavy (non-hydrogen) atoms. The van der Waals surface area contributed by atoms with Crippen molar-refractivity contribution in [3.63, 3.8) is 0 Å². The van der Waals surface area contributed by atoms with Crippen LogP contribution in [0.2, 0.25) is 5.02 Å². The highest BCUT2D eigenvalue weighted by atomic mass is 35.5. The molecule has 0 bridgehead atoms. The second-order valence-electron chi connectivity index (χ2n) is 7.11. The molecular formula is C22H26ClN5O. The third-order valence-electron chi connectivity index (χ3n) is 5.04. The number of ether oxygens (including phenoxy) is 1. The molecule has 1 aliphatic rings. The van der Waals surface area contributed by atoms with Crippen LogP contribution in [0.15, 0.2) is 54.6 Å². The second-order valence-corrected chi connectivity index (χ2v) is 7.52. The summed E-state index contributed by atoms with van der Waals surface area (Å²) in [4.78, 5) is 4.16. The number of benzene rings is 2. The van der Waals surface area contributed by atoms with Crippen molar-refractivity contribution >= 4 is 11.6 Å². The summed E-state index contributed by atoms with van der Waals surface area (Å²) in [5, 5.41) is 13.8. The van der Waals surface area contributed by atoms with Gasteiger partial charge in [-0.2, -0.15) is 15.0 Å². The van der Waals surface area contributed by atoms with Gasteiger partial charge in [-0.15, -0.1) is 0 Å². The molecule has 1 saturated heterocycles. The second kappa shape index (κ2) is 9.98. The van der Waals surface area contributed by atoms with Gasteiger partial charge in [0.25, 0.3) is 0 Å². The number of hydrogen-bond donors (Lipinski definition) is 1. The van der Waals surface area contributed by atoms with Crippen LogP contribution < -0.4 is 5.32 Å². The van der Waals surface area contributed by atoms with Crippen molar-refractivity contribution in [3.05, 3.63) is 70.9 Å². The molecule has 2 aromatic carbocycles. The van der Waals surface area contributed by atoms with E-state index in [0.29, 0.717) is 13.1 Å². The lowest BCUT2D eigenvalue weighted by molar-refractivity contribution is 0.0384. The third kappa shape index (κ3) is 5.42. The molecule has 2 heterocycles. The zero-order valence-corrected chi connectivity index (χ0v) is 17.2. The van der Waals surface area contributed by atoms with E-state index in [1.807, 2.05) is 42.5 Å². The number of rotatable bonds is 8. The monoisotopic (exact) mass is 411 g/mol. The van der Waals surface area contributed by atoms with Crippen molar-refractivity contribution in [2.24, 2.45) is 0 Å². The normalized spacial score (nSPS) is 14.9. The zero-order chi connectivity index (χ0) is 19.9. The Kier molecular flexibility index (Phi) is 6.90. The predicted molar refractivity (Wildman–Crippen MR) is 115 cm³/mol. The van der Waals surface area contributed by atoms with Crippen LogP contribution in [0.4, 0.5) is 0 Å². The van der Waals surface area contributed by atoms with Gasteiger partial charge in [-0.3, -0.25) is 4.90 Å². The molecule has 7 heteroatoms. The molecule has 0 unspecified atom stereocenters. The van der Waals surface area contributed by atoms with Gasteiger partial charge in [-0.1, -0.05) is 60.1 Å². The molecule has 1 N–H and O–H groups in total. The van der Waals surface area contributed by atoms with E-state index in [1.165, 1.54) is 0 Å². The summed E-state index contributed by atoms with van der Waals surface area (Å²) >= 11 is 6.32. The first-order valence-corrected chi connectivity index (χ1v) is 10.4. The number of nitrogens with one attached hydrogen (secondary N) is 1. The summed E-state index contributed by atoms with van der Waals surface area (Å²) < 4.78 is 5.41. The Bertz CT molecular complexity index is 909. The Morgan fingerprint density at radius 3 is 2.52 bits per heavy atom. The molecular weight excluding hydrogens is 386 g/mol. The fourth-order valence-corrected chi connectivity index (χ4v) is 3.64. The van der Waals surface area contributed by atoms with Crippen molar-refractivity contribution in [1.82, 2.24) is 25.2 Å². The highest BCUT2D eigenvalue weighted by Gasteiger charge is 2.14. The summed E-state index contributed by atoms with van der Waals surface area (Å²) in [7, 11) is 0. The van der Waals surface area contributed by atoms with E-state index < -0.39 is 0 Å². The van der Waals surface area contributed by atoms with Crippen LogP contribution in [0.3, 0.4) is 0 Å². The first-order chi connectivity index (χ1) is 14.3. The summed E-state index contributed by atoms with van der Waals surface area (Å²) in [6.45, 7) is 6.81. The van der Waals surface area contributed by atoms with E-state index in [4.69, 9.17) is 26.5 Å². The SMILES string of the molecule is Clc1ccccc1Cn1nc(CNCCN2CCOCC2)c(-c2ccccc2)n1. The lowest BCUT2D eigenvalue weighted by Gasteiger charge is -2.26. The first-order valence-electron chi connectivity index (χ1n) is 10.0. The first kappa shape index (κ1) is 20.0. The van der Waals surface area contributed by atoms with Gasteiger partial charge in [0.15, 0.2) is 0 Å². The summed E-state index contributed by atoms with van der Waals surface area (Å²) in [5.74, 6) is 0. The van der Waals surface area contributed by atoms with Crippen molar-refractivity contribution in [2.75, 3.05) is 39.4 Å². The van der Waals surface area contributed by atoms with Crippen LogP contribution >= 0.6 is 11.6 Å². The van der Waals surface area contributed by atoms with Crippen molar-refractivity contribution < 1.29 is 4.74 Å². The number of nitrogens with zero attached hydrogens (tertiary/aromatic N) is 4. The molecule has 0 spiro atoms. The van der Waals surface area contributed by atoms with Crippen molar-refractivity contribution in [2.45, 2.75) is 13.1 Å². The molecule has 4 rings (SSSR count). The van der Waals surface area contributed by atoms with E-state index in [2.05, 4.69) is 22.3 Å². The number of hydrogen-bond acceptors (Lipinski definition) is 5. The predicted octanol–water partition coefficient (Wildman–Crippen LogP) is 3.07. The Labute approximate surface area is 176 Å². The lowest BCUT2D eigenvalue weighted by Crippen LogP contribution is -2.40. The standard InChI is InChI=1S/C22H26ClN5O/c23-20-9-5-4-8-19(20)17-28-25-21(22(26-28)18-6-2-1-3-7-18)16-24-10-11-27-12-14-29-15-13-27/h1-9,24H,10-17H2. The van der Waals surface area contributed by atoms with Crippen molar-refractivity contribution in [1.29, 1.82) is 0 Å². The van der Waals surface area contributed by atoms with Crippen LogP contribution in [-0.2, 0) is 17.8 Å². The third-order valence-corrected chi connectivity index (χ3v) is 5.41. The van der Waals surface area contributed by atoms with Gasteiger partial charge in [-0.05, 0) is 11.6 Å². The highest BCUT2D eigenvalue weighted by molar-refractivity contribution is 6.31. The molecule has 0 radical (unpaired) electrons.